The van der Waals surface area contributed by atoms with Gasteiger partial charge in [-0.15, -0.1) is 11.3 Å². The van der Waals surface area contributed by atoms with E-state index in [-0.39, 0.29) is 5.69 Å². The summed E-state index contributed by atoms with van der Waals surface area (Å²) in [6, 6.07) is 8.44. The molecule has 7 heteroatoms. The Labute approximate surface area is 124 Å². The average Bonchev–Trinajstić information content (AvgIpc) is 3.04. The summed E-state index contributed by atoms with van der Waals surface area (Å²) in [5.74, 6) is 0. The molecule has 21 heavy (non-hydrogen) atoms. The fourth-order valence-electron chi connectivity index (χ4n) is 2.11. The third-order valence-electron chi connectivity index (χ3n) is 3.14. The Morgan fingerprint density at radius 2 is 2.10 bits per heavy atom. The molecular weight excluding hydrogens is 288 g/mol. The maximum Gasteiger partial charge on any atom is 0.294 e. The molecule has 0 aliphatic heterocycles. The summed E-state index contributed by atoms with van der Waals surface area (Å²) in [5, 5.41) is 17.5. The lowest BCUT2D eigenvalue weighted by Gasteiger charge is -2.02. The van der Waals surface area contributed by atoms with Gasteiger partial charge in [-0.3, -0.25) is 10.1 Å². The fourth-order valence-corrected chi connectivity index (χ4v) is 3.05. The van der Waals surface area contributed by atoms with Crippen molar-refractivity contribution in [2.45, 2.75) is 6.92 Å². The Kier molecular flexibility index (Phi) is 3.19. The molecule has 0 saturated heterocycles. The SMILES string of the molecule is Cc1ccsc1-c1nn(-c2ccccc2[N+](=O)[O-])cc1N. The highest BCUT2D eigenvalue weighted by Gasteiger charge is 2.18. The van der Waals surface area contributed by atoms with Crippen LogP contribution in [0.3, 0.4) is 0 Å². The molecule has 2 heterocycles. The number of anilines is 1. The first kappa shape index (κ1) is 13.3. The number of nitro benzene ring substituents is 1. The van der Waals surface area contributed by atoms with Crippen LogP contribution in [0.25, 0.3) is 16.3 Å². The summed E-state index contributed by atoms with van der Waals surface area (Å²) in [6.07, 6.45) is 1.61. The van der Waals surface area contributed by atoms with Gasteiger partial charge in [0.2, 0.25) is 0 Å². The van der Waals surface area contributed by atoms with Gasteiger partial charge in [0.1, 0.15) is 11.4 Å². The topological polar surface area (TPSA) is 87.0 Å². The predicted octanol–water partition coefficient (Wildman–Crippen LogP) is 3.40. The lowest BCUT2D eigenvalue weighted by Crippen LogP contribution is -2.00. The average molecular weight is 300 g/mol. The third-order valence-corrected chi connectivity index (χ3v) is 4.17. The molecule has 2 aromatic heterocycles. The minimum absolute atomic E-state index is 0.00514. The summed E-state index contributed by atoms with van der Waals surface area (Å²) in [7, 11) is 0. The number of nitro groups is 1. The first-order valence-electron chi connectivity index (χ1n) is 6.21. The van der Waals surface area contributed by atoms with Gasteiger partial charge in [-0.25, -0.2) is 4.68 Å². The number of thiophene rings is 1. The molecule has 0 bridgehead atoms. The Bertz CT molecular complexity index is 822. The Hall–Kier alpha value is -2.67. The Balaban J connectivity index is 2.14. The van der Waals surface area contributed by atoms with Crippen molar-refractivity contribution in [2.24, 2.45) is 0 Å². The molecule has 2 N–H and O–H groups in total. The second-order valence-electron chi connectivity index (χ2n) is 4.56. The highest BCUT2D eigenvalue weighted by Crippen LogP contribution is 2.33. The van der Waals surface area contributed by atoms with Gasteiger partial charge in [0.25, 0.3) is 5.69 Å². The molecule has 0 fully saturated rings. The molecule has 0 amide bonds. The number of aromatic nitrogens is 2. The first-order valence-corrected chi connectivity index (χ1v) is 7.09. The largest absolute Gasteiger partial charge is 0.396 e. The van der Waals surface area contributed by atoms with Crippen molar-refractivity contribution in [1.29, 1.82) is 0 Å². The normalized spacial score (nSPS) is 10.7. The minimum Gasteiger partial charge on any atom is -0.396 e. The van der Waals surface area contributed by atoms with Crippen molar-refractivity contribution < 1.29 is 4.92 Å². The quantitative estimate of drug-likeness (QED) is 0.593. The standard InChI is InChI=1S/C14H12N4O2S/c1-9-6-7-21-14(9)13-10(15)8-17(16-13)11-4-2-3-5-12(11)18(19)20/h2-8H,15H2,1H3. The van der Waals surface area contributed by atoms with Crippen molar-refractivity contribution in [3.63, 3.8) is 0 Å². The van der Waals surface area contributed by atoms with E-state index in [1.165, 1.54) is 10.7 Å². The molecule has 0 spiro atoms. The summed E-state index contributed by atoms with van der Waals surface area (Å²) in [5.41, 5.74) is 8.65. The molecule has 3 aromatic rings. The van der Waals surface area contributed by atoms with Gasteiger partial charge < -0.3 is 5.73 Å². The molecule has 0 unspecified atom stereocenters. The van der Waals surface area contributed by atoms with Crippen LogP contribution in [0.1, 0.15) is 5.56 Å². The maximum atomic E-state index is 11.1. The van der Waals surface area contributed by atoms with Crippen LogP contribution >= 0.6 is 11.3 Å². The zero-order valence-electron chi connectivity index (χ0n) is 11.2. The highest BCUT2D eigenvalue weighted by atomic mass is 32.1. The summed E-state index contributed by atoms with van der Waals surface area (Å²) >= 11 is 1.55. The van der Waals surface area contributed by atoms with Crippen molar-refractivity contribution >= 4 is 22.7 Å². The number of rotatable bonds is 3. The summed E-state index contributed by atoms with van der Waals surface area (Å²) < 4.78 is 1.46. The van der Waals surface area contributed by atoms with E-state index in [1.54, 1.807) is 35.7 Å². The first-order chi connectivity index (χ1) is 10.1. The Morgan fingerprint density at radius 3 is 2.76 bits per heavy atom. The van der Waals surface area contributed by atoms with Crippen molar-refractivity contribution in [3.05, 3.63) is 57.6 Å². The van der Waals surface area contributed by atoms with Gasteiger partial charge in [-0.1, -0.05) is 12.1 Å². The number of benzene rings is 1. The molecule has 0 saturated carbocycles. The molecule has 0 aliphatic rings. The zero-order chi connectivity index (χ0) is 15.0. The maximum absolute atomic E-state index is 11.1. The summed E-state index contributed by atoms with van der Waals surface area (Å²) in [4.78, 5) is 11.7. The predicted molar refractivity (Wildman–Crippen MR) is 82.7 cm³/mol. The number of aryl methyl sites for hydroxylation is 1. The number of nitrogens with zero attached hydrogens (tertiary/aromatic N) is 3. The Morgan fingerprint density at radius 1 is 1.33 bits per heavy atom. The second-order valence-corrected chi connectivity index (χ2v) is 5.47. The molecular formula is C14H12N4O2S. The van der Waals surface area contributed by atoms with Crippen LogP contribution in [0.2, 0.25) is 0 Å². The van der Waals surface area contributed by atoms with E-state index in [2.05, 4.69) is 5.10 Å². The van der Waals surface area contributed by atoms with Gasteiger partial charge in [0.15, 0.2) is 0 Å². The second kappa shape index (κ2) is 5.02. The van der Waals surface area contributed by atoms with Gasteiger partial charge in [-0.05, 0) is 30.0 Å². The lowest BCUT2D eigenvalue weighted by atomic mass is 10.2. The van der Waals surface area contributed by atoms with Crippen LogP contribution in [-0.4, -0.2) is 14.7 Å². The number of nitrogens with two attached hydrogens (primary N) is 1. The van der Waals surface area contributed by atoms with Crippen molar-refractivity contribution in [3.8, 4) is 16.3 Å². The molecule has 3 rings (SSSR count). The molecule has 1 aromatic carbocycles. The van der Waals surface area contributed by atoms with Gasteiger partial charge in [0, 0.05) is 6.07 Å². The van der Waals surface area contributed by atoms with E-state index in [0.717, 1.165) is 10.4 Å². The smallest absolute Gasteiger partial charge is 0.294 e. The van der Waals surface area contributed by atoms with Crippen LogP contribution in [0.4, 0.5) is 11.4 Å². The van der Waals surface area contributed by atoms with Crippen LogP contribution in [0.15, 0.2) is 41.9 Å². The molecule has 0 radical (unpaired) electrons. The number of nitrogen functional groups attached to an aromatic ring is 1. The molecule has 106 valence electrons. The van der Waals surface area contributed by atoms with Crippen LogP contribution in [-0.2, 0) is 0 Å². The minimum atomic E-state index is -0.427. The third kappa shape index (κ3) is 2.27. The number of hydrogen-bond acceptors (Lipinski definition) is 5. The van der Waals surface area contributed by atoms with E-state index in [4.69, 9.17) is 5.73 Å². The monoisotopic (exact) mass is 300 g/mol. The molecule has 0 aliphatic carbocycles. The molecule has 0 atom stereocenters. The zero-order valence-corrected chi connectivity index (χ0v) is 12.0. The number of para-hydroxylation sites is 2. The fraction of sp³-hybridized carbons (Fsp3) is 0.0714. The van der Waals surface area contributed by atoms with Crippen LogP contribution < -0.4 is 5.73 Å². The van der Waals surface area contributed by atoms with Gasteiger partial charge >= 0.3 is 0 Å². The van der Waals surface area contributed by atoms with E-state index >= 15 is 0 Å². The number of hydrogen-bond donors (Lipinski definition) is 1. The van der Waals surface area contributed by atoms with Crippen LogP contribution in [0.5, 0.6) is 0 Å². The van der Waals surface area contributed by atoms with Gasteiger partial charge in [0.05, 0.1) is 21.7 Å². The van der Waals surface area contributed by atoms with E-state index in [0.29, 0.717) is 17.1 Å². The van der Waals surface area contributed by atoms with E-state index < -0.39 is 4.92 Å². The lowest BCUT2D eigenvalue weighted by molar-refractivity contribution is -0.384. The highest BCUT2D eigenvalue weighted by molar-refractivity contribution is 7.13. The summed E-state index contributed by atoms with van der Waals surface area (Å²) in [6.45, 7) is 1.98. The van der Waals surface area contributed by atoms with Crippen LogP contribution in [0, 0.1) is 17.0 Å². The molecule has 6 nitrogen and oxygen atoms in total. The van der Waals surface area contributed by atoms with E-state index in [1.807, 2.05) is 18.4 Å². The van der Waals surface area contributed by atoms with Crippen molar-refractivity contribution in [2.75, 3.05) is 5.73 Å². The van der Waals surface area contributed by atoms with Gasteiger partial charge in [-0.2, -0.15) is 5.10 Å². The van der Waals surface area contributed by atoms with Crippen molar-refractivity contribution in [1.82, 2.24) is 9.78 Å². The van der Waals surface area contributed by atoms with E-state index in [9.17, 15) is 10.1 Å².